The normalized spacial score (nSPS) is 35.9. The Morgan fingerprint density at radius 3 is 2.89 bits per heavy atom. The molecule has 2 aliphatic rings. The topological polar surface area (TPSA) is 41.5 Å². The first-order valence-electron chi connectivity index (χ1n) is 6.85. The second-order valence-electron chi connectivity index (χ2n) is 5.69. The third-order valence-corrected chi connectivity index (χ3v) is 6.00. The molecule has 1 saturated heterocycles. The molecule has 1 saturated carbocycles. The van der Waals surface area contributed by atoms with Gasteiger partial charge in [-0.05, 0) is 38.0 Å². The lowest BCUT2D eigenvalue weighted by atomic mass is 9.78. The molecule has 104 valence electrons. The van der Waals surface area contributed by atoms with Crippen LogP contribution in [0.3, 0.4) is 0 Å². The third kappa shape index (κ3) is 3.98. The van der Waals surface area contributed by atoms with Gasteiger partial charge < -0.3 is 5.32 Å². The standard InChI is InChI=1S/C13H24N2OS2/c1-11-4-6-13(7-5-11)10-17-12(15-13)14-8-3-9-18(2)16/h11H,3-10H2,1-2H3,(H,14,15). The van der Waals surface area contributed by atoms with Gasteiger partial charge in [-0.3, -0.25) is 9.20 Å². The zero-order valence-corrected chi connectivity index (χ0v) is 13.0. The Labute approximate surface area is 117 Å². The number of rotatable bonds is 4. The molecular weight excluding hydrogens is 264 g/mol. The lowest BCUT2D eigenvalue weighted by Crippen LogP contribution is -2.46. The highest BCUT2D eigenvalue weighted by atomic mass is 32.2. The van der Waals surface area contributed by atoms with Crippen molar-refractivity contribution in [3.8, 4) is 0 Å². The summed E-state index contributed by atoms with van der Waals surface area (Å²) < 4.78 is 11.0. The Morgan fingerprint density at radius 1 is 1.50 bits per heavy atom. The Bertz CT molecular complexity index is 336. The minimum absolute atomic E-state index is 0.337. The van der Waals surface area contributed by atoms with Gasteiger partial charge in [0.25, 0.3) is 0 Å². The number of hydrogen-bond donors (Lipinski definition) is 1. The fourth-order valence-electron chi connectivity index (χ4n) is 2.62. The van der Waals surface area contributed by atoms with Crippen LogP contribution in [0.1, 0.15) is 39.0 Å². The first-order chi connectivity index (χ1) is 8.60. The summed E-state index contributed by atoms with van der Waals surface area (Å²) in [6, 6.07) is 0. The van der Waals surface area contributed by atoms with Gasteiger partial charge in [0.2, 0.25) is 0 Å². The van der Waals surface area contributed by atoms with Crippen molar-refractivity contribution in [1.29, 1.82) is 0 Å². The van der Waals surface area contributed by atoms with Gasteiger partial charge >= 0.3 is 0 Å². The largest absolute Gasteiger partial charge is 0.359 e. The first-order valence-corrected chi connectivity index (χ1v) is 9.56. The van der Waals surface area contributed by atoms with Crippen molar-refractivity contribution in [3.63, 3.8) is 0 Å². The predicted octanol–water partition coefficient (Wildman–Crippen LogP) is 2.40. The van der Waals surface area contributed by atoms with E-state index >= 15 is 0 Å². The third-order valence-electron chi connectivity index (χ3n) is 3.93. The molecule has 18 heavy (non-hydrogen) atoms. The van der Waals surface area contributed by atoms with Crippen LogP contribution in [0.15, 0.2) is 4.99 Å². The molecule has 0 amide bonds. The van der Waals surface area contributed by atoms with E-state index in [1.54, 1.807) is 6.26 Å². The van der Waals surface area contributed by atoms with Gasteiger partial charge in [0.05, 0.1) is 0 Å². The molecule has 2 fully saturated rings. The molecule has 1 spiro atoms. The number of amidine groups is 1. The van der Waals surface area contributed by atoms with Crippen molar-refractivity contribution in [2.24, 2.45) is 10.9 Å². The van der Waals surface area contributed by atoms with Crippen LogP contribution in [-0.2, 0) is 10.8 Å². The van der Waals surface area contributed by atoms with Crippen molar-refractivity contribution in [2.45, 2.75) is 44.6 Å². The fourth-order valence-corrected chi connectivity index (χ4v) is 4.40. The maximum Gasteiger partial charge on any atom is 0.157 e. The lowest BCUT2D eigenvalue weighted by molar-refractivity contribution is 0.251. The molecule has 1 aliphatic carbocycles. The molecule has 0 aromatic rings. The second kappa shape index (κ2) is 6.42. The molecule has 5 heteroatoms. The minimum atomic E-state index is -0.680. The molecule has 1 unspecified atom stereocenters. The Morgan fingerprint density at radius 2 is 2.22 bits per heavy atom. The van der Waals surface area contributed by atoms with E-state index in [9.17, 15) is 4.21 Å². The Kier molecular flexibility index (Phi) is 5.13. The van der Waals surface area contributed by atoms with Gasteiger partial charge in [-0.1, -0.05) is 18.7 Å². The van der Waals surface area contributed by atoms with Gasteiger partial charge in [0.1, 0.15) is 0 Å². The summed E-state index contributed by atoms with van der Waals surface area (Å²) >= 11 is 1.87. The number of nitrogens with zero attached hydrogens (tertiary/aromatic N) is 1. The summed E-state index contributed by atoms with van der Waals surface area (Å²) in [7, 11) is -0.680. The summed E-state index contributed by atoms with van der Waals surface area (Å²) in [5.74, 6) is 2.84. The molecule has 1 aliphatic heterocycles. The predicted molar refractivity (Wildman–Crippen MR) is 81.8 cm³/mol. The fraction of sp³-hybridized carbons (Fsp3) is 0.923. The van der Waals surface area contributed by atoms with Gasteiger partial charge in [-0.2, -0.15) is 0 Å². The van der Waals surface area contributed by atoms with E-state index in [0.29, 0.717) is 5.54 Å². The van der Waals surface area contributed by atoms with Gasteiger partial charge in [0, 0.05) is 40.6 Å². The zero-order chi connectivity index (χ0) is 13.0. The highest BCUT2D eigenvalue weighted by Crippen LogP contribution is 2.38. The lowest BCUT2D eigenvalue weighted by Gasteiger charge is -2.35. The summed E-state index contributed by atoms with van der Waals surface area (Å²) in [5.41, 5.74) is 0.337. The van der Waals surface area contributed by atoms with E-state index < -0.39 is 10.8 Å². The van der Waals surface area contributed by atoms with Crippen molar-refractivity contribution in [2.75, 3.05) is 24.3 Å². The smallest absolute Gasteiger partial charge is 0.157 e. The van der Waals surface area contributed by atoms with Crippen LogP contribution in [0.25, 0.3) is 0 Å². The summed E-state index contributed by atoms with van der Waals surface area (Å²) in [4.78, 5) is 4.60. The first kappa shape index (κ1) is 14.4. The summed E-state index contributed by atoms with van der Waals surface area (Å²) in [6.07, 6.45) is 7.95. The summed E-state index contributed by atoms with van der Waals surface area (Å²) in [6.45, 7) is 3.16. The van der Waals surface area contributed by atoms with Crippen molar-refractivity contribution in [3.05, 3.63) is 0 Å². The van der Waals surface area contributed by atoms with Crippen molar-refractivity contribution in [1.82, 2.24) is 5.32 Å². The van der Waals surface area contributed by atoms with Crippen LogP contribution in [0, 0.1) is 5.92 Å². The molecule has 0 aromatic carbocycles. The zero-order valence-electron chi connectivity index (χ0n) is 11.4. The van der Waals surface area contributed by atoms with E-state index in [2.05, 4.69) is 17.2 Å². The molecular formula is C13H24N2OS2. The highest BCUT2D eigenvalue weighted by Gasteiger charge is 2.39. The van der Waals surface area contributed by atoms with E-state index in [-0.39, 0.29) is 0 Å². The molecule has 0 aromatic heterocycles. The average molecular weight is 288 g/mol. The molecule has 0 radical (unpaired) electrons. The van der Waals surface area contributed by atoms with Gasteiger partial charge in [-0.15, -0.1) is 0 Å². The van der Waals surface area contributed by atoms with E-state index in [1.807, 2.05) is 11.8 Å². The number of nitrogens with one attached hydrogen (secondary N) is 1. The molecule has 2 rings (SSSR count). The van der Waals surface area contributed by atoms with E-state index in [0.717, 1.165) is 29.8 Å². The molecule has 3 nitrogen and oxygen atoms in total. The molecule has 0 bridgehead atoms. The molecule has 1 atom stereocenters. The SMILES string of the molecule is CC1CCC2(CC1)CSC(=NCCCS(C)=O)N2. The van der Waals surface area contributed by atoms with Gasteiger partial charge in [0.15, 0.2) is 5.17 Å². The molecule has 1 heterocycles. The molecule has 1 N–H and O–H groups in total. The van der Waals surface area contributed by atoms with Crippen LogP contribution in [-0.4, -0.2) is 39.2 Å². The quantitative estimate of drug-likeness (QED) is 0.808. The van der Waals surface area contributed by atoms with Crippen LogP contribution >= 0.6 is 11.8 Å². The number of thioether (sulfide) groups is 1. The van der Waals surface area contributed by atoms with Crippen molar-refractivity contribution < 1.29 is 4.21 Å². The highest BCUT2D eigenvalue weighted by molar-refractivity contribution is 8.14. The summed E-state index contributed by atoms with van der Waals surface area (Å²) in [5, 5.41) is 4.77. The van der Waals surface area contributed by atoms with Crippen molar-refractivity contribution >= 4 is 27.7 Å². The monoisotopic (exact) mass is 288 g/mol. The van der Waals surface area contributed by atoms with Crippen LogP contribution < -0.4 is 5.32 Å². The van der Waals surface area contributed by atoms with Gasteiger partial charge in [-0.25, -0.2) is 0 Å². The maximum atomic E-state index is 11.0. The second-order valence-corrected chi connectivity index (χ2v) is 8.21. The van der Waals surface area contributed by atoms with Crippen LogP contribution in [0.5, 0.6) is 0 Å². The Hall–Kier alpha value is -0.0300. The Balaban J connectivity index is 1.77. The number of aliphatic imine (C=N–C) groups is 1. The number of hydrogen-bond acceptors (Lipinski definition) is 3. The van der Waals surface area contributed by atoms with Crippen LogP contribution in [0.4, 0.5) is 0 Å². The minimum Gasteiger partial charge on any atom is -0.359 e. The van der Waals surface area contributed by atoms with Crippen LogP contribution in [0.2, 0.25) is 0 Å². The van der Waals surface area contributed by atoms with E-state index in [1.165, 1.54) is 31.4 Å². The maximum absolute atomic E-state index is 11.0. The van der Waals surface area contributed by atoms with E-state index in [4.69, 9.17) is 0 Å². The average Bonchev–Trinajstić information content (AvgIpc) is 2.73.